The second-order valence-electron chi connectivity index (χ2n) is 6.32. The number of nitrogens with zero attached hydrogens (tertiary/aromatic N) is 3. The van der Waals surface area contributed by atoms with Crippen molar-refractivity contribution in [2.45, 2.75) is 44.6 Å². The van der Waals surface area contributed by atoms with Crippen molar-refractivity contribution in [3.05, 3.63) is 23.8 Å². The van der Waals surface area contributed by atoms with Crippen molar-refractivity contribution in [2.24, 2.45) is 7.05 Å². The first kappa shape index (κ1) is 18.7. The van der Waals surface area contributed by atoms with E-state index in [0.29, 0.717) is 18.2 Å². The van der Waals surface area contributed by atoms with Gasteiger partial charge in [0.25, 0.3) is 5.91 Å². The molecule has 1 saturated carbocycles. The van der Waals surface area contributed by atoms with Gasteiger partial charge in [0.15, 0.2) is 0 Å². The molecular weight excluding hydrogens is 326 g/mol. The van der Waals surface area contributed by atoms with E-state index in [1.807, 2.05) is 19.2 Å². The number of carbonyl (C=O) groups is 1. The highest BCUT2D eigenvalue weighted by Crippen LogP contribution is 2.17. The summed E-state index contributed by atoms with van der Waals surface area (Å²) in [5.41, 5.74) is 2.31. The Morgan fingerprint density at radius 3 is 2.71 bits per heavy atom. The van der Waals surface area contributed by atoms with Crippen LogP contribution in [-0.4, -0.2) is 40.0 Å². The highest BCUT2D eigenvalue weighted by Gasteiger charge is 2.12. The summed E-state index contributed by atoms with van der Waals surface area (Å²) in [5.74, 6) is -0.0554. The van der Waals surface area contributed by atoms with E-state index in [-0.39, 0.29) is 18.3 Å². The molecule has 1 amide bonds. The summed E-state index contributed by atoms with van der Waals surface area (Å²) in [6.45, 7) is 1.47. The highest BCUT2D eigenvalue weighted by molar-refractivity contribution is 5.97. The van der Waals surface area contributed by atoms with Crippen molar-refractivity contribution < 1.29 is 4.79 Å². The fourth-order valence-corrected chi connectivity index (χ4v) is 3.22. The number of aromatic nitrogens is 3. The van der Waals surface area contributed by atoms with Gasteiger partial charge in [-0.1, -0.05) is 30.9 Å². The number of carbonyl (C=O) groups excluding carboxylic acids is 1. The second-order valence-corrected chi connectivity index (χ2v) is 6.32. The summed E-state index contributed by atoms with van der Waals surface area (Å²) in [6.07, 6.45) is 7.89. The lowest BCUT2D eigenvalue weighted by Crippen LogP contribution is -2.36. The number of halogens is 1. The van der Waals surface area contributed by atoms with Gasteiger partial charge < -0.3 is 10.6 Å². The van der Waals surface area contributed by atoms with Gasteiger partial charge in [-0.05, 0) is 31.0 Å². The van der Waals surface area contributed by atoms with Gasteiger partial charge in [0.2, 0.25) is 0 Å². The van der Waals surface area contributed by atoms with Gasteiger partial charge in [0.05, 0.1) is 5.52 Å². The van der Waals surface area contributed by atoms with Crippen LogP contribution < -0.4 is 10.6 Å². The van der Waals surface area contributed by atoms with Gasteiger partial charge in [0.1, 0.15) is 5.52 Å². The van der Waals surface area contributed by atoms with Crippen LogP contribution in [0.3, 0.4) is 0 Å². The van der Waals surface area contributed by atoms with E-state index >= 15 is 0 Å². The highest BCUT2D eigenvalue weighted by atomic mass is 35.5. The Kier molecular flexibility index (Phi) is 6.99. The maximum Gasteiger partial charge on any atom is 0.251 e. The molecule has 0 spiro atoms. The van der Waals surface area contributed by atoms with Gasteiger partial charge in [-0.2, -0.15) is 0 Å². The van der Waals surface area contributed by atoms with Crippen LogP contribution >= 0.6 is 12.4 Å². The molecule has 0 saturated heterocycles. The van der Waals surface area contributed by atoms with Crippen molar-refractivity contribution in [1.29, 1.82) is 0 Å². The van der Waals surface area contributed by atoms with Gasteiger partial charge in [0, 0.05) is 31.7 Å². The quantitative estimate of drug-likeness (QED) is 0.641. The lowest BCUT2D eigenvalue weighted by Gasteiger charge is -2.16. The van der Waals surface area contributed by atoms with Crippen molar-refractivity contribution in [3.63, 3.8) is 0 Å². The Morgan fingerprint density at radius 2 is 1.96 bits per heavy atom. The zero-order valence-corrected chi connectivity index (χ0v) is 14.9. The van der Waals surface area contributed by atoms with Gasteiger partial charge >= 0.3 is 0 Å². The molecule has 1 aromatic heterocycles. The molecular formula is C17H26ClN5O. The molecule has 1 fully saturated rings. The molecule has 1 aliphatic rings. The topological polar surface area (TPSA) is 71.8 Å². The van der Waals surface area contributed by atoms with E-state index in [0.717, 1.165) is 17.6 Å². The fraction of sp³-hybridized carbons (Fsp3) is 0.588. The van der Waals surface area contributed by atoms with Crippen LogP contribution in [0.1, 0.15) is 48.9 Å². The minimum atomic E-state index is -0.0554. The summed E-state index contributed by atoms with van der Waals surface area (Å²) in [7, 11) is 1.84. The second kappa shape index (κ2) is 8.99. The molecule has 0 atom stereocenters. The number of hydrogen-bond donors (Lipinski definition) is 2. The molecule has 7 heteroatoms. The molecule has 1 aromatic carbocycles. The summed E-state index contributed by atoms with van der Waals surface area (Å²) >= 11 is 0. The Hall–Kier alpha value is -1.66. The van der Waals surface area contributed by atoms with Crippen molar-refractivity contribution in [3.8, 4) is 0 Å². The lowest BCUT2D eigenvalue weighted by molar-refractivity contribution is 0.0953. The van der Waals surface area contributed by atoms with Crippen molar-refractivity contribution in [1.82, 2.24) is 25.6 Å². The molecule has 1 aliphatic carbocycles. The maximum atomic E-state index is 12.2. The average Bonchev–Trinajstić information content (AvgIpc) is 2.77. The standard InChI is InChI=1S/C17H25N5O.ClH/c1-22-16-9-8-13(12-15(16)20-21-22)17(23)19-11-10-18-14-6-4-2-3-5-7-14;/h8-9,12,14,18H,2-7,10-11H2,1H3,(H,19,23);1H. The number of fused-ring (bicyclic) bond motifs is 1. The predicted octanol–water partition coefficient (Wildman–Crippen LogP) is 2.43. The summed E-state index contributed by atoms with van der Waals surface area (Å²) in [4.78, 5) is 12.2. The molecule has 3 rings (SSSR count). The van der Waals surface area contributed by atoms with Gasteiger partial charge in [-0.3, -0.25) is 4.79 Å². The Morgan fingerprint density at radius 1 is 1.21 bits per heavy atom. The first-order chi connectivity index (χ1) is 11.2. The molecule has 132 valence electrons. The molecule has 0 aliphatic heterocycles. The predicted molar refractivity (Wildman–Crippen MR) is 97.6 cm³/mol. The number of benzene rings is 1. The minimum Gasteiger partial charge on any atom is -0.351 e. The number of amides is 1. The number of rotatable bonds is 5. The lowest BCUT2D eigenvalue weighted by atomic mass is 10.1. The zero-order valence-electron chi connectivity index (χ0n) is 14.1. The SMILES string of the molecule is Cl.Cn1nnc2cc(C(=O)NCCNC3CCCCCC3)ccc21. The average molecular weight is 352 g/mol. The maximum absolute atomic E-state index is 12.2. The van der Waals surface area contributed by atoms with E-state index in [1.54, 1.807) is 10.7 Å². The molecule has 0 radical (unpaired) electrons. The van der Waals surface area contributed by atoms with Crippen LogP contribution in [0.2, 0.25) is 0 Å². The number of aryl methyl sites for hydroxylation is 1. The van der Waals surface area contributed by atoms with E-state index in [2.05, 4.69) is 20.9 Å². The molecule has 6 nitrogen and oxygen atoms in total. The number of nitrogens with one attached hydrogen (secondary N) is 2. The smallest absolute Gasteiger partial charge is 0.251 e. The summed E-state index contributed by atoms with van der Waals surface area (Å²) in [6, 6.07) is 6.11. The minimum absolute atomic E-state index is 0. The molecule has 24 heavy (non-hydrogen) atoms. The van der Waals surface area contributed by atoms with Crippen LogP contribution in [0.15, 0.2) is 18.2 Å². The van der Waals surface area contributed by atoms with E-state index in [1.165, 1.54) is 38.5 Å². The first-order valence-electron chi connectivity index (χ1n) is 8.55. The Labute approximate surface area is 148 Å². The summed E-state index contributed by atoms with van der Waals surface area (Å²) in [5, 5.41) is 14.5. The van der Waals surface area contributed by atoms with Crippen LogP contribution in [0.25, 0.3) is 11.0 Å². The Balaban J connectivity index is 0.00000208. The summed E-state index contributed by atoms with van der Waals surface area (Å²) < 4.78 is 1.70. The zero-order chi connectivity index (χ0) is 16.1. The molecule has 0 unspecified atom stereocenters. The third-order valence-corrected chi connectivity index (χ3v) is 4.57. The van der Waals surface area contributed by atoms with Crippen LogP contribution in [0, 0.1) is 0 Å². The molecule has 2 N–H and O–H groups in total. The third kappa shape index (κ3) is 4.68. The van der Waals surface area contributed by atoms with Gasteiger partial charge in [-0.25, -0.2) is 4.68 Å². The van der Waals surface area contributed by atoms with E-state index < -0.39 is 0 Å². The Bertz CT molecular complexity index is 664. The largest absolute Gasteiger partial charge is 0.351 e. The van der Waals surface area contributed by atoms with Crippen molar-refractivity contribution in [2.75, 3.05) is 13.1 Å². The normalized spacial score (nSPS) is 15.7. The van der Waals surface area contributed by atoms with Crippen LogP contribution in [0.4, 0.5) is 0 Å². The molecule has 2 aromatic rings. The number of hydrogen-bond acceptors (Lipinski definition) is 4. The first-order valence-corrected chi connectivity index (χ1v) is 8.55. The van der Waals surface area contributed by atoms with E-state index in [4.69, 9.17) is 0 Å². The fourth-order valence-electron chi connectivity index (χ4n) is 3.22. The molecule has 1 heterocycles. The third-order valence-electron chi connectivity index (χ3n) is 4.57. The monoisotopic (exact) mass is 351 g/mol. The molecule has 0 bridgehead atoms. The van der Waals surface area contributed by atoms with Crippen LogP contribution in [0.5, 0.6) is 0 Å². The van der Waals surface area contributed by atoms with Crippen LogP contribution in [-0.2, 0) is 7.05 Å². The van der Waals surface area contributed by atoms with Crippen molar-refractivity contribution >= 4 is 29.3 Å². The van der Waals surface area contributed by atoms with Gasteiger partial charge in [-0.15, -0.1) is 17.5 Å². The van der Waals surface area contributed by atoms with E-state index in [9.17, 15) is 4.79 Å².